The van der Waals surface area contributed by atoms with Crippen LogP contribution in [0.15, 0.2) is 29.9 Å². The number of aryl methyl sites for hydroxylation is 1. The van der Waals surface area contributed by atoms with Crippen molar-refractivity contribution in [3.63, 3.8) is 0 Å². The SMILES string of the molecule is Cc1cc(CC(=O)c2cncs2)ccc1F. The molecule has 16 heavy (non-hydrogen) atoms. The van der Waals surface area contributed by atoms with Crippen LogP contribution in [0.2, 0.25) is 0 Å². The number of hydrogen-bond acceptors (Lipinski definition) is 3. The Labute approximate surface area is 96.8 Å². The number of nitrogens with zero attached hydrogens (tertiary/aromatic N) is 1. The van der Waals surface area contributed by atoms with Crippen LogP contribution in [0.3, 0.4) is 0 Å². The quantitative estimate of drug-likeness (QED) is 0.765. The predicted molar refractivity (Wildman–Crippen MR) is 61.3 cm³/mol. The topological polar surface area (TPSA) is 30.0 Å². The number of carbonyl (C=O) groups excluding carboxylic acids is 1. The Morgan fingerprint density at radius 3 is 2.94 bits per heavy atom. The van der Waals surface area contributed by atoms with Crippen LogP contribution in [-0.2, 0) is 6.42 Å². The number of aromatic nitrogens is 1. The molecular formula is C12H10FNOS. The van der Waals surface area contributed by atoms with E-state index in [1.165, 1.54) is 17.4 Å². The number of benzene rings is 1. The van der Waals surface area contributed by atoms with Gasteiger partial charge in [-0.05, 0) is 24.1 Å². The van der Waals surface area contributed by atoms with Crippen LogP contribution in [0.4, 0.5) is 4.39 Å². The highest BCUT2D eigenvalue weighted by Crippen LogP contribution is 2.14. The number of rotatable bonds is 3. The minimum atomic E-state index is -0.242. The van der Waals surface area contributed by atoms with Gasteiger partial charge in [-0.2, -0.15) is 0 Å². The van der Waals surface area contributed by atoms with Gasteiger partial charge in [-0.1, -0.05) is 12.1 Å². The van der Waals surface area contributed by atoms with Crippen molar-refractivity contribution in [1.29, 1.82) is 0 Å². The second kappa shape index (κ2) is 4.53. The number of thiazole rings is 1. The molecule has 2 rings (SSSR count). The van der Waals surface area contributed by atoms with Crippen molar-refractivity contribution in [2.75, 3.05) is 0 Å². The molecule has 4 heteroatoms. The van der Waals surface area contributed by atoms with Gasteiger partial charge in [-0.25, -0.2) is 4.39 Å². The fraction of sp³-hybridized carbons (Fsp3) is 0.167. The Morgan fingerprint density at radius 2 is 2.31 bits per heavy atom. The molecule has 0 saturated carbocycles. The third-order valence-electron chi connectivity index (χ3n) is 2.29. The molecule has 2 aromatic rings. The second-order valence-corrected chi connectivity index (χ2v) is 4.44. The standard InChI is InChI=1S/C12H10FNOS/c1-8-4-9(2-3-10(8)13)5-11(15)12-6-14-7-16-12/h2-4,6-7H,5H2,1H3. The highest BCUT2D eigenvalue weighted by atomic mass is 32.1. The van der Waals surface area contributed by atoms with Crippen molar-refractivity contribution in [3.05, 3.63) is 51.7 Å². The summed E-state index contributed by atoms with van der Waals surface area (Å²) in [4.78, 5) is 16.2. The molecule has 82 valence electrons. The van der Waals surface area contributed by atoms with E-state index in [0.29, 0.717) is 16.9 Å². The molecule has 0 amide bonds. The zero-order valence-electron chi connectivity index (χ0n) is 8.74. The smallest absolute Gasteiger partial charge is 0.178 e. The maximum absolute atomic E-state index is 13.0. The lowest BCUT2D eigenvalue weighted by molar-refractivity contribution is 0.0996. The van der Waals surface area contributed by atoms with Gasteiger partial charge in [0.15, 0.2) is 5.78 Å². The van der Waals surface area contributed by atoms with Crippen LogP contribution in [0.1, 0.15) is 20.8 Å². The van der Waals surface area contributed by atoms with E-state index in [2.05, 4.69) is 4.98 Å². The first-order valence-corrected chi connectivity index (χ1v) is 5.71. The average Bonchev–Trinajstić information content (AvgIpc) is 2.77. The number of ketones is 1. The van der Waals surface area contributed by atoms with Gasteiger partial charge in [0.1, 0.15) is 5.82 Å². The third-order valence-corrected chi connectivity index (χ3v) is 3.11. The molecule has 0 spiro atoms. The summed E-state index contributed by atoms with van der Waals surface area (Å²) in [6.45, 7) is 1.69. The maximum atomic E-state index is 13.0. The number of carbonyl (C=O) groups is 1. The van der Waals surface area contributed by atoms with Gasteiger partial charge in [-0.15, -0.1) is 11.3 Å². The van der Waals surface area contributed by atoms with E-state index in [1.54, 1.807) is 30.8 Å². The molecule has 0 saturated heterocycles. The minimum absolute atomic E-state index is 0.0218. The van der Waals surface area contributed by atoms with E-state index in [4.69, 9.17) is 0 Å². The molecule has 1 heterocycles. The van der Waals surface area contributed by atoms with E-state index in [9.17, 15) is 9.18 Å². The summed E-state index contributed by atoms with van der Waals surface area (Å²) in [6, 6.07) is 4.74. The van der Waals surface area contributed by atoms with Gasteiger partial charge in [0.2, 0.25) is 0 Å². The van der Waals surface area contributed by atoms with Crippen LogP contribution < -0.4 is 0 Å². The molecule has 2 nitrogen and oxygen atoms in total. The molecule has 0 fully saturated rings. The van der Waals surface area contributed by atoms with Crippen molar-refractivity contribution < 1.29 is 9.18 Å². The first-order chi connectivity index (χ1) is 7.66. The Bertz CT molecular complexity index is 508. The first-order valence-electron chi connectivity index (χ1n) is 4.83. The molecular weight excluding hydrogens is 225 g/mol. The molecule has 0 atom stereocenters. The fourth-order valence-electron chi connectivity index (χ4n) is 1.44. The molecule has 1 aromatic heterocycles. The summed E-state index contributed by atoms with van der Waals surface area (Å²) < 4.78 is 13.0. The molecule has 0 N–H and O–H groups in total. The largest absolute Gasteiger partial charge is 0.293 e. The molecule has 0 aliphatic heterocycles. The Morgan fingerprint density at radius 1 is 1.50 bits per heavy atom. The normalized spacial score (nSPS) is 10.4. The van der Waals surface area contributed by atoms with Gasteiger partial charge in [0, 0.05) is 12.6 Å². The predicted octanol–water partition coefficient (Wildman–Crippen LogP) is 3.02. The third kappa shape index (κ3) is 2.33. The molecule has 0 unspecified atom stereocenters. The van der Waals surface area contributed by atoms with E-state index >= 15 is 0 Å². The van der Waals surface area contributed by atoms with Crippen molar-refractivity contribution in [2.45, 2.75) is 13.3 Å². The minimum Gasteiger partial charge on any atom is -0.293 e. The van der Waals surface area contributed by atoms with Gasteiger partial charge in [0.25, 0.3) is 0 Å². The van der Waals surface area contributed by atoms with Crippen LogP contribution in [0.25, 0.3) is 0 Å². The average molecular weight is 235 g/mol. The van der Waals surface area contributed by atoms with Crippen molar-refractivity contribution in [2.24, 2.45) is 0 Å². The fourth-order valence-corrected chi connectivity index (χ4v) is 2.00. The van der Waals surface area contributed by atoms with E-state index in [1.807, 2.05) is 0 Å². The molecule has 0 bridgehead atoms. The summed E-state index contributed by atoms with van der Waals surface area (Å²) in [7, 11) is 0. The monoisotopic (exact) mass is 235 g/mol. The molecule has 1 aromatic carbocycles. The van der Waals surface area contributed by atoms with Crippen LogP contribution in [-0.4, -0.2) is 10.8 Å². The summed E-state index contributed by atoms with van der Waals surface area (Å²) in [6.07, 6.45) is 1.85. The van der Waals surface area contributed by atoms with Crippen LogP contribution in [0, 0.1) is 12.7 Å². The maximum Gasteiger partial charge on any atom is 0.178 e. The number of halogens is 1. The highest BCUT2D eigenvalue weighted by molar-refractivity contribution is 7.11. The summed E-state index contributed by atoms with van der Waals surface area (Å²) in [5.41, 5.74) is 3.02. The van der Waals surface area contributed by atoms with Gasteiger partial charge < -0.3 is 0 Å². The van der Waals surface area contributed by atoms with E-state index in [-0.39, 0.29) is 11.6 Å². The van der Waals surface area contributed by atoms with E-state index < -0.39 is 0 Å². The first kappa shape index (κ1) is 11.0. The zero-order chi connectivity index (χ0) is 11.5. The number of hydrogen-bond donors (Lipinski definition) is 0. The molecule has 0 radical (unpaired) electrons. The summed E-state index contributed by atoms with van der Waals surface area (Å²) in [5.74, 6) is -0.220. The second-order valence-electron chi connectivity index (χ2n) is 3.55. The summed E-state index contributed by atoms with van der Waals surface area (Å²) >= 11 is 1.32. The Kier molecular flexibility index (Phi) is 3.10. The van der Waals surface area contributed by atoms with E-state index in [0.717, 1.165) is 5.56 Å². The highest BCUT2D eigenvalue weighted by Gasteiger charge is 2.09. The Hall–Kier alpha value is -1.55. The van der Waals surface area contributed by atoms with Crippen molar-refractivity contribution in [3.8, 4) is 0 Å². The molecule has 0 aliphatic rings. The Balaban J connectivity index is 2.15. The lowest BCUT2D eigenvalue weighted by Gasteiger charge is -2.01. The number of Topliss-reactive ketones (excluding diaryl/α,β-unsaturated/α-hetero) is 1. The van der Waals surface area contributed by atoms with Crippen molar-refractivity contribution >= 4 is 17.1 Å². The molecule has 0 aliphatic carbocycles. The van der Waals surface area contributed by atoms with Crippen LogP contribution >= 0.6 is 11.3 Å². The zero-order valence-corrected chi connectivity index (χ0v) is 9.55. The lowest BCUT2D eigenvalue weighted by Crippen LogP contribution is -2.01. The van der Waals surface area contributed by atoms with Crippen molar-refractivity contribution in [1.82, 2.24) is 4.98 Å². The van der Waals surface area contributed by atoms with Gasteiger partial charge >= 0.3 is 0 Å². The van der Waals surface area contributed by atoms with Crippen LogP contribution in [0.5, 0.6) is 0 Å². The summed E-state index contributed by atoms with van der Waals surface area (Å²) in [5, 5.41) is 0. The lowest BCUT2D eigenvalue weighted by atomic mass is 10.1. The van der Waals surface area contributed by atoms with Gasteiger partial charge in [-0.3, -0.25) is 9.78 Å². The van der Waals surface area contributed by atoms with Gasteiger partial charge in [0.05, 0.1) is 10.4 Å².